The Kier molecular flexibility index (Phi) is 7.30. The zero-order valence-corrected chi connectivity index (χ0v) is 20.0. The average molecular weight is 542 g/mol. The predicted molar refractivity (Wildman–Crippen MR) is 124 cm³/mol. The molecule has 0 aliphatic heterocycles. The Hall–Kier alpha value is -2.48. The highest BCUT2D eigenvalue weighted by molar-refractivity contribution is 9.10. The smallest absolute Gasteiger partial charge is 0.433 e. The molecule has 0 atom stereocenters. The number of nitrogens with zero attached hydrogens (tertiary/aromatic N) is 3. The standard InChI is InChI=1S/C18H16BrN5O4S3/c1-29-17-14(7-13(30-17)15(20)24-18(25)26)31(27,28)11-6-12(19)16(23-9-11)22-8-10-2-4-21-5-3-10/h2-7,9H,8H2,1H3,(H2,20,24)(H,22,23)(H,25,26). The third kappa shape index (κ3) is 5.42. The quantitative estimate of drug-likeness (QED) is 0.230. The Bertz CT molecular complexity index is 1250. The zero-order chi connectivity index (χ0) is 22.6. The third-order valence-corrected chi connectivity index (χ3v) is 8.85. The number of aliphatic imine (C=N–C) groups is 1. The van der Waals surface area contributed by atoms with E-state index in [2.05, 4.69) is 36.2 Å². The summed E-state index contributed by atoms with van der Waals surface area (Å²) in [4.78, 5) is 22.5. The maximum atomic E-state index is 13.2. The third-order valence-electron chi connectivity index (χ3n) is 3.95. The highest BCUT2D eigenvalue weighted by atomic mass is 79.9. The van der Waals surface area contributed by atoms with Gasteiger partial charge in [-0.25, -0.2) is 18.2 Å². The molecule has 0 aromatic carbocycles. The molecule has 3 aromatic heterocycles. The Morgan fingerprint density at radius 2 is 2.06 bits per heavy atom. The first-order valence-corrected chi connectivity index (χ1v) is 12.8. The minimum Gasteiger partial charge on any atom is -0.463 e. The number of hydrogen-bond donors (Lipinski definition) is 3. The maximum absolute atomic E-state index is 13.2. The summed E-state index contributed by atoms with van der Waals surface area (Å²) in [6.07, 6.45) is 4.90. The van der Waals surface area contributed by atoms with Gasteiger partial charge in [-0.1, -0.05) is 0 Å². The molecule has 13 heteroatoms. The van der Waals surface area contributed by atoms with Crippen molar-refractivity contribution < 1.29 is 18.3 Å². The summed E-state index contributed by atoms with van der Waals surface area (Å²) in [6.45, 7) is 0.493. The number of halogens is 1. The fraction of sp³-hybridized carbons (Fsp3) is 0.111. The predicted octanol–water partition coefficient (Wildman–Crippen LogP) is 3.85. The number of hydrogen-bond acceptors (Lipinski definition) is 8. The number of amides is 1. The lowest BCUT2D eigenvalue weighted by atomic mass is 10.3. The van der Waals surface area contributed by atoms with Crippen molar-refractivity contribution in [3.05, 3.63) is 57.8 Å². The van der Waals surface area contributed by atoms with E-state index in [1.807, 2.05) is 12.1 Å². The van der Waals surface area contributed by atoms with Gasteiger partial charge in [-0.05, 0) is 52.0 Å². The summed E-state index contributed by atoms with van der Waals surface area (Å²) in [6, 6.07) is 6.51. The van der Waals surface area contributed by atoms with Crippen LogP contribution in [-0.2, 0) is 16.4 Å². The fourth-order valence-electron chi connectivity index (χ4n) is 2.48. The molecule has 3 heterocycles. The van der Waals surface area contributed by atoms with Crippen LogP contribution in [0.25, 0.3) is 0 Å². The molecule has 0 spiro atoms. The summed E-state index contributed by atoms with van der Waals surface area (Å²) in [7, 11) is -3.93. The van der Waals surface area contributed by atoms with Crippen molar-refractivity contribution >= 4 is 66.6 Å². The van der Waals surface area contributed by atoms with Gasteiger partial charge < -0.3 is 16.2 Å². The molecule has 3 aromatic rings. The molecule has 0 bridgehead atoms. The van der Waals surface area contributed by atoms with Crippen LogP contribution in [0, 0.1) is 0 Å². The number of thioether (sulfide) groups is 1. The summed E-state index contributed by atoms with van der Waals surface area (Å²) in [5.41, 5.74) is 6.68. The molecule has 0 saturated heterocycles. The van der Waals surface area contributed by atoms with Crippen LogP contribution in [0.4, 0.5) is 10.6 Å². The summed E-state index contributed by atoms with van der Waals surface area (Å²) >= 11 is 5.65. The molecule has 0 unspecified atom stereocenters. The van der Waals surface area contributed by atoms with Crippen molar-refractivity contribution in [1.29, 1.82) is 0 Å². The Morgan fingerprint density at radius 1 is 1.35 bits per heavy atom. The molecule has 0 saturated carbocycles. The van der Waals surface area contributed by atoms with Crippen molar-refractivity contribution in [1.82, 2.24) is 9.97 Å². The van der Waals surface area contributed by atoms with Crippen LogP contribution in [0.15, 0.2) is 66.3 Å². The van der Waals surface area contributed by atoms with E-state index in [0.717, 1.165) is 16.9 Å². The number of aromatic nitrogens is 2. The van der Waals surface area contributed by atoms with Crippen LogP contribution in [0.2, 0.25) is 0 Å². The number of rotatable bonds is 7. The van der Waals surface area contributed by atoms with Gasteiger partial charge in [0.15, 0.2) is 0 Å². The van der Waals surface area contributed by atoms with Crippen LogP contribution in [0.1, 0.15) is 10.4 Å². The zero-order valence-electron chi connectivity index (χ0n) is 15.9. The first-order valence-electron chi connectivity index (χ1n) is 8.51. The van der Waals surface area contributed by atoms with E-state index in [1.54, 1.807) is 18.6 Å². The monoisotopic (exact) mass is 541 g/mol. The average Bonchev–Trinajstić information content (AvgIpc) is 3.19. The number of nitrogens with two attached hydrogens (primary N) is 1. The second-order valence-corrected chi connectivity index (χ2v) is 10.9. The number of nitrogens with one attached hydrogen (secondary N) is 1. The van der Waals surface area contributed by atoms with Gasteiger partial charge in [0.1, 0.15) is 11.7 Å². The minimum absolute atomic E-state index is 0.0118. The minimum atomic E-state index is -3.93. The molecule has 0 aliphatic carbocycles. The van der Waals surface area contributed by atoms with E-state index in [9.17, 15) is 13.2 Å². The molecular weight excluding hydrogens is 526 g/mol. The van der Waals surface area contributed by atoms with Crippen molar-refractivity contribution in [3.63, 3.8) is 0 Å². The molecule has 0 aliphatic rings. The second kappa shape index (κ2) is 9.77. The van der Waals surface area contributed by atoms with Gasteiger partial charge in [0.2, 0.25) is 9.84 Å². The van der Waals surface area contributed by atoms with E-state index in [4.69, 9.17) is 10.8 Å². The molecule has 0 radical (unpaired) electrons. The lowest BCUT2D eigenvalue weighted by Crippen LogP contribution is -2.13. The molecule has 3 rings (SSSR count). The lowest BCUT2D eigenvalue weighted by Gasteiger charge is -2.10. The fourth-order valence-corrected chi connectivity index (χ4v) is 6.99. The summed E-state index contributed by atoms with van der Waals surface area (Å²) < 4.78 is 27.4. The van der Waals surface area contributed by atoms with Crippen LogP contribution in [0.5, 0.6) is 0 Å². The number of thiophene rings is 1. The van der Waals surface area contributed by atoms with Gasteiger partial charge in [-0.2, -0.15) is 4.99 Å². The first-order chi connectivity index (χ1) is 14.7. The Labute approximate surface area is 194 Å². The van der Waals surface area contributed by atoms with Gasteiger partial charge in [0, 0.05) is 25.1 Å². The Morgan fingerprint density at radius 3 is 2.68 bits per heavy atom. The van der Waals surface area contributed by atoms with Gasteiger partial charge in [-0.15, -0.1) is 23.1 Å². The van der Waals surface area contributed by atoms with Crippen molar-refractivity contribution in [2.24, 2.45) is 10.7 Å². The molecule has 162 valence electrons. The maximum Gasteiger partial charge on any atom is 0.433 e. The molecule has 31 heavy (non-hydrogen) atoms. The number of carbonyl (C=O) groups is 1. The van der Waals surface area contributed by atoms with E-state index >= 15 is 0 Å². The summed E-state index contributed by atoms with van der Waals surface area (Å²) in [5, 5.41) is 11.9. The SMILES string of the molecule is CSc1sc(/C(N)=N\C(=O)O)cc1S(=O)(=O)c1cnc(NCc2ccncc2)c(Br)c1. The van der Waals surface area contributed by atoms with Crippen molar-refractivity contribution in [2.45, 2.75) is 20.5 Å². The molecular formula is C18H16BrN5O4S3. The first kappa shape index (κ1) is 23.2. The van der Waals surface area contributed by atoms with Crippen LogP contribution in [-0.4, -0.2) is 41.7 Å². The highest BCUT2D eigenvalue weighted by Gasteiger charge is 2.26. The number of sulfone groups is 1. The van der Waals surface area contributed by atoms with Gasteiger partial charge in [-0.3, -0.25) is 4.98 Å². The largest absolute Gasteiger partial charge is 0.463 e. The lowest BCUT2D eigenvalue weighted by molar-refractivity contribution is 0.205. The number of amidine groups is 1. The van der Waals surface area contributed by atoms with Crippen molar-refractivity contribution in [3.8, 4) is 0 Å². The Balaban J connectivity index is 1.91. The van der Waals surface area contributed by atoms with E-state index < -0.39 is 15.9 Å². The molecule has 1 amide bonds. The van der Waals surface area contributed by atoms with Crippen molar-refractivity contribution in [2.75, 3.05) is 11.6 Å². The molecule has 9 nitrogen and oxygen atoms in total. The molecule has 0 fully saturated rings. The van der Waals surface area contributed by atoms with E-state index in [0.29, 0.717) is 21.0 Å². The summed E-state index contributed by atoms with van der Waals surface area (Å²) in [5.74, 6) is 0.230. The normalized spacial score (nSPS) is 12.0. The van der Waals surface area contributed by atoms with E-state index in [1.165, 1.54) is 30.1 Å². The van der Waals surface area contributed by atoms with Crippen LogP contribution in [0.3, 0.4) is 0 Å². The van der Waals surface area contributed by atoms with Gasteiger partial charge in [0.05, 0.1) is 23.4 Å². The number of anilines is 1. The van der Waals surface area contributed by atoms with Gasteiger partial charge in [0.25, 0.3) is 0 Å². The number of pyridine rings is 2. The van der Waals surface area contributed by atoms with Crippen LogP contribution < -0.4 is 11.1 Å². The number of carboxylic acid groups (broad SMARTS) is 1. The van der Waals surface area contributed by atoms with Gasteiger partial charge >= 0.3 is 6.09 Å². The molecule has 4 N–H and O–H groups in total. The topological polar surface area (TPSA) is 148 Å². The highest BCUT2D eigenvalue weighted by Crippen LogP contribution is 2.37. The van der Waals surface area contributed by atoms with Crippen LogP contribution >= 0.6 is 39.0 Å². The van der Waals surface area contributed by atoms with E-state index in [-0.39, 0.29) is 20.5 Å². The second-order valence-electron chi connectivity index (χ2n) is 5.96.